The van der Waals surface area contributed by atoms with Crippen LogP contribution in [-0.2, 0) is 6.42 Å². The van der Waals surface area contributed by atoms with E-state index in [1.807, 2.05) is 0 Å². The van der Waals surface area contributed by atoms with Gasteiger partial charge in [0.15, 0.2) is 17.3 Å². The van der Waals surface area contributed by atoms with E-state index >= 15 is 0 Å². The van der Waals surface area contributed by atoms with Gasteiger partial charge in [0.05, 0.1) is 6.26 Å². The smallest absolute Gasteiger partial charge is 0.284 e. The topological polar surface area (TPSA) is 86.4 Å². The standard InChI is InChI=1S/C18H16FNO4/c19-11-7-8-15-13(10-11)12(17(24-15)18(20)22)4-1-2-5-14(21)16-6-3-9-23-16/h3,6-10H,1-2,4-5H2,(H2,20,22). The first-order chi connectivity index (χ1) is 11.6. The van der Waals surface area contributed by atoms with Crippen LogP contribution in [0.25, 0.3) is 11.0 Å². The zero-order valence-corrected chi connectivity index (χ0v) is 12.9. The predicted molar refractivity (Wildman–Crippen MR) is 85.3 cm³/mol. The molecule has 0 aliphatic carbocycles. The molecule has 0 fully saturated rings. The molecule has 0 aliphatic heterocycles. The molecule has 1 amide bonds. The van der Waals surface area contributed by atoms with E-state index in [0.717, 1.165) is 0 Å². The Morgan fingerprint density at radius 1 is 1.17 bits per heavy atom. The minimum absolute atomic E-state index is 0.0490. The van der Waals surface area contributed by atoms with Gasteiger partial charge in [0.2, 0.25) is 0 Å². The Morgan fingerprint density at radius 3 is 2.71 bits per heavy atom. The van der Waals surface area contributed by atoms with Crippen molar-refractivity contribution < 1.29 is 22.8 Å². The molecule has 124 valence electrons. The van der Waals surface area contributed by atoms with Crippen LogP contribution in [0.3, 0.4) is 0 Å². The zero-order chi connectivity index (χ0) is 17.1. The lowest BCUT2D eigenvalue weighted by molar-refractivity contribution is 0.0949. The van der Waals surface area contributed by atoms with Gasteiger partial charge in [-0.05, 0) is 49.6 Å². The van der Waals surface area contributed by atoms with E-state index in [4.69, 9.17) is 14.6 Å². The van der Waals surface area contributed by atoms with Crippen molar-refractivity contribution in [3.8, 4) is 0 Å². The molecular formula is C18H16FNO4. The molecule has 0 unspecified atom stereocenters. The lowest BCUT2D eigenvalue weighted by Gasteiger charge is -2.01. The number of carbonyl (C=O) groups excluding carboxylic acids is 2. The lowest BCUT2D eigenvalue weighted by Crippen LogP contribution is -2.12. The average Bonchev–Trinajstić information content (AvgIpc) is 3.19. The fourth-order valence-electron chi connectivity index (χ4n) is 2.72. The summed E-state index contributed by atoms with van der Waals surface area (Å²) in [6.07, 6.45) is 3.51. The number of carbonyl (C=O) groups is 2. The minimum Gasteiger partial charge on any atom is -0.461 e. The minimum atomic E-state index is -0.687. The molecule has 2 heterocycles. The SMILES string of the molecule is NC(=O)c1oc2ccc(F)cc2c1CCCCC(=O)c1ccco1. The summed E-state index contributed by atoms with van der Waals surface area (Å²) >= 11 is 0. The summed E-state index contributed by atoms with van der Waals surface area (Å²) < 4.78 is 23.9. The van der Waals surface area contributed by atoms with Crippen molar-refractivity contribution >= 4 is 22.7 Å². The van der Waals surface area contributed by atoms with Gasteiger partial charge in [-0.15, -0.1) is 0 Å². The van der Waals surface area contributed by atoms with Crippen LogP contribution >= 0.6 is 0 Å². The zero-order valence-electron chi connectivity index (χ0n) is 12.9. The third-order valence-corrected chi connectivity index (χ3v) is 3.85. The van der Waals surface area contributed by atoms with Crippen molar-refractivity contribution in [2.75, 3.05) is 0 Å². The molecule has 0 bridgehead atoms. The predicted octanol–water partition coefficient (Wildman–Crippen LogP) is 3.86. The van der Waals surface area contributed by atoms with Gasteiger partial charge in [-0.25, -0.2) is 4.39 Å². The average molecular weight is 329 g/mol. The highest BCUT2D eigenvalue weighted by Crippen LogP contribution is 2.28. The van der Waals surface area contributed by atoms with Gasteiger partial charge in [0.25, 0.3) is 5.91 Å². The number of nitrogens with two attached hydrogens (primary N) is 1. The van der Waals surface area contributed by atoms with Gasteiger partial charge in [-0.2, -0.15) is 0 Å². The second-order valence-electron chi connectivity index (χ2n) is 5.52. The number of ketones is 1. The summed E-state index contributed by atoms with van der Waals surface area (Å²) in [5.41, 5.74) is 6.35. The van der Waals surface area contributed by atoms with Crippen LogP contribution in [0.5, 0.6) is 0 Å². The van der Waals surface area contributed by atoms with Gasteiger partial charge < -0.3 is 14.6 Å². The molecule has 0 saturated heterocycles. The van der Waals surface area contributed by atoms with Gasteiger partial charge >= 0.3 is 0 Å². The number of Topliss-reactive ketones (excluding diaryl/α,β-unsaturated/α-hetero) is 1. The van der Waals surface area contributed by atoms with Crippen molar-refractivity contribution in [1.82, 2.24) is 0 Å². The number of unbranched alkanes of at least 4 members (excludes halogenated alkanes) is 1. The largest absolute Gasteiger partial charge is 0.461 e. The third kappa shape index (κ3) is 3.22. The van der Waals surface area contributed by atoms with E-state index in [0.29, 0.717) is 48.0 Å². The first-order valence-corrected chi connectivity index (χ1v) is 7.63. The summed E-state index contributed by atoms with van der Waals surface area (Å²) in [6, 6.07) is 7.36. The number of halogens is 1. The highest BCUT2D eigenvalue weighted by Gasteiger charge is 2.19. The third-order valence-electron chi connectivity index (χ3n) is 3.85. The van der Waals surface area contributed by atoms with E-state index in [2.05, 4.69) is 0 Å². The van der Waals surface area contributed by atoms with E-state index in [-0.39, 0.29) is 11.5 Å². The van der Waals surface area contributed by atoms with E-state index in [9.17, 15) is 14.0 Å². The molecular weight excluding hydrogens is 313 g/mol. The maximum atomic E-state index is 13.5. The number of amides is 1. The first kappa shape index (κ1) is 16.0. The van der Waals surface area contributed by atoms with E-state index in [1.165, 1.54) is 24.5 Å². The Kier molecular flexibility index (Phi) is 4.46. The highest BCUT2D eigenvalue weighted by atomic mass is 19.1. The normalized spacial score (nSPS) is 11.0. The van der Waals surface area contributed by atoms with Gasteiger partial charge in [0.1, 0.15) is 11.4 Å². The van der Waals surface area contributed by atoms with Crippen LogP contribution < -0.4 is 5.73 Å². The molecule has 2 N–H and O–H groups in total. The molecule has 0 aliphatic rings. The molecule has 6 heteroatoms. The van der Waals surface area contributed by atoms with E-state index < -0.39 is 11.7 Å². The highest BCUT2D eigenvalue weighted by molar-refractivity contribution is 5.98. The lowest BCUT2D eigenvalue weighted by atomic mass is 10.0. The van der Waals surface area contributed by atoms with Gasteiger partial charge in [0, 0.05) is 17.4 Å². The van der Waals surface area contributed by atoms with Gasteiger partial charge in [-0.3, -0.25) is 9.59 Å². The molecule has 3 aromatic rings. The fraction of sp³-hybridized carbons (Fsp3) is 0.222. The summed E-state index contributed by atoms with van der Waals surface area (Å²) in [4.78, 5) is 23.4. The van der Waals surface area contributed by atoms with Crippen LogP contribution in [-0.4, -0.2) is 11.7 Å². The molecule has 24 heavy (non-hydrogen) atoms. The molecule has 0 atom stereocenters. The van der Waals surface area contributed by atoms with Crippen LogP contribution in [0.4, 0.5) is 4.39 Å². The Bertz CT molecular complexity index is 880. The Morgan fingerprint density at radius 2 is 2.00 bits per heavy atom. The van der Waals surface area contributed by atoms with Crippen LogP contribution in [0.1, 0.15) is 45.9 Å². The second-order valence-corrected chi connectivity index (χ2v) is 5.52. The number of rotatable bonds is 7. The number of benzene rings is 1. The number of fused-ring (bicyclic) bond motifs is 1. The van der Waals surface area contributed by atoms with Crippen molar-refractivity contribution in [2.24, 2.45) is 5.73 Å². The number of aryl methyl sites for hydroxylation is 1. The van der Waals surface area contributed by atoms with Crippen molar-refractivity contribution in [1.29, 1.82) is 0 Å². The number of hydrogen-bond donors (Lipinski definition) is 1. The Labute approximate surface area is 137 Å². The van der Waals surface area contributed by atoms with E-state index in [1.54, 1.807) is 12.1 Å². The van der Waals surface area contributed by atoms with Crippen LogP contribution in [0.15, 0.2) is 45.4 Å². The molecule has 2 aromatic heterocycles. The quantitative estimate of drug-likeness (QED) is 0.527. The van der Waals surface area contributed by atoms with Crippen LogP contribution in [0, 0.1) is 5.82 Å². The second kappa shape index (κ2) is 6.70. The maximum Gasteiger partial charge on any atom is 0.284 e. The Hall–Kier alpha value is -2.89. The monoisotopic (exact) mass is 329 g/mol. The Balaban J connectivity index is 1.70. The molecule has 0 radical (unpaired) electrons. The number of furan rings is 2. The molecule has 0 spiro atoms. The van der Waals surface area contributed by atoms with Crippen molar-refractivity contribution in [3.05, 3.63) is 59.5 Å². The number of hydrogen-bond acceptors (Lipinski definition) is 4. The molecule has 5 nitrogen and oxygen atoms in total. The summed E-state index contributed by atoms with van der Waals surface area (Å²) in [5, 5.41) is 0.543. The van der Waals surface area contributed by atoms with Crippen LogP contribution in [0.2, 0.25) is 0 Å². The maximum absolute atomic E-state index is 13.5. The molecule has 3 rings (SSSR count). The van der Waals surface area contributed by atoms with Crippen molar-refractivity contribution in [2.45, 2.75) is 25.7 Å². The fourth-order valence-corrected chi connectivity index (χ4v) is 2.72. The van der Waals surface area contributed by atoms with Crippen molar-refractivity contribution in [3.63, 3.8) is 0 Å². The van der Waals surface area contributed by atoms with Gasteiger partial charge in [-0.1, -0.05) is 0 Å². The number of primary amides is 1. The molecule has 0 saturated carbocycles. The summed E-state index contributed by atoms with van der Waals surface area (Å²) in [7, 11) is 0. The summed E-state index contributed by atoms with van der Waals surface area (Å²) in [5.74, 6) is -0.781. The summed E-state index contributed by atoms with van der Waals surface area (Å²) in [6.45, 7) is 0. The first-order valence-electron chi connectivity index (χ1n) is 7.63. The molecule has 1 aromatic carbocycles.